The summed E-state index contributed by atoms with van der Waals surface area (Å²) in [4.78, 5) is 18.0. The molecule has 1 unspecified atom stereocenters. The molecule has 0 aromatic carbocycles. The highest BCUT2D eigenvalue weighted by atomic mass is 16.6. The summed E-state index contributed by atoms with van der Waals surface area (Å²) in [5.41, 5.74) is 7.92. The smallest absolute Gasteiger partial charge is 0.245 e. The van der Waals surface area contributed by atoms with Crippen molar-refractivity contribution >= 4 is 5.91 Å². The highest BCUT2D eigenvalue weighted by molar-refractivity contribution is 5.74. The van der Waals surface area contributed by atoms with Gasteiger partial charge in [-0.2, -0.15) is 5.48 Å². The fraction of sp³-hybridized carbons (Fsp3) is 0.909. The van der Waals surface area contributed by atoms with Crippen molar-refractivity contribution in [1.82, 2.24) is 10.4 Å². The predicted octanol–water partition coefficient (Wildman–Crippen LogP) is 0.257. The molecule has 1 atom stereocenters. The maximum Gasteiger partial charge on any atom is 0.245 e. The first kappa shape index (κ1) is 13.4. The summed E-state index contributed by atoms with van der Waals surface area (Å²) >= 11 is 0. The van der Waals surface area contributed by atoms with E-state index in [1.54, 1.807) is 0 Å². The molecule has 3 N–H and O–H groups in total. The average Bonchev–Trinajstić information content (AvgIpc) is 2.44. The van der Waals surface area contributed by atoms with Gasteiger partial charge in [-0.05, 0) is 45.3 Å². The molecule has 1 amide bonds. The van der Waals surface area contributed by atoms with Crippen LogP contribution in [0.1, 0.15) is 32.6 Å². The van der Waals surface area contributed by atoms with Crippen molar-refractivity contribution in [3.05, 3.63) is 0 Å². The molecule has 0 aliphatic carbocycles. The molecule has 0 aromatic rings. The quantitative estimate of drug-likeness (QED) is 0.641. The SMILES string of the molecule is CCCN1CCCC(NOCC(N)=O)CC1. The molecule has 0 spiro atoms. The van der Waals surface area contributed by atoms with Crippen LogP contribution in [0.5, 0.6) is 0 Å². The van der Waals surface area contributed by atoms with Gasteiger partial charge in [-0.1, -0.05) is 6.92 Å². The number of carbonyl (C=O) groups is 1. The van der Waals surface area contributed by atoms with Crippen molar-refractivity contribution in [1.29, 1.82) is 0 Å². The molecular formula is C11H23N3O2. The van der Waals surface area contributed by atoms with E-state index in [-0.39, 0.29) is 6.61 Å². The van der Waals surface area contributed by atoms with E-state index in [9.17, 15) is 4.79 Å². The molecule has 16 heavy (non-hydrogen) atoms. The summed E-state index contributed by atoms with van der Waals surface area (Å²) in [5, 5.41) is 0. The van der Waals surface area contributed by atoms with Crippen LogP contribution in [0.4, 0.5) is 0 Å². The van der Waals surface area contributed by atoms with Crippen molar-refractivity contribution in [2.45, 2.75) is 38.6 Å². The third-order valence-electron chi connectivity index (χ3n) is 2.82. The molecular weight excluding hydrogens is 206 g/mol. The molecule has 5 heteroatoms. The molecule has 94 valence electrons. The van der Waals surface area contributed by atoms with E-state index in [0.717, 1.165) is 19.4 Å². The topological polar surface area (TPSA) is 67.6 Å². The summed E-state index contributed by atoms with van der Waals surface area (Å²) < 4.78 is 0. The molecule has 1 heterocycles. The van der Waals surface area contributed by atoms with E-state index in [4.69, 9.17) is 10.6 Å². The normalized spacial score (nSPS) is 22.9. The van der Waals surface area contributed by atoms with Gasteiger partial charge < -0.3 is 10.6 Å². The summed E-state index contributed by atoms with van der Waals surface area (Å²) in [7, 11) is 0. The second-order valence-corrected chi connectivity index (χ2v) is 4.34. The third-order valence-corrected chi connectivity index (χ3v) is 2.82. The van der Waals surface area contributed by atoms with E-state index in [2.05, 4.69) is 17.3 Å². The standard InChI is InChI=1S/C11H23N3O2/c1-2-6-14-7-3-4-10(5-8-14)13-16-9-11(12)15/h10,13H,2-9H2,1H3,(H2,12,15). The van der Waals surface area contributed by atoms with E-state index < -0.39 is 5.91 Å². The van der Waals surface area contributed by atoms with Gasteiger partial charge in [-0.3, -0.25) is 9.63 Å². The van der Waals surface area contributed by atoms with Gasteiger partial charge in [0.05, 0.1) is 0 Å². The number of amides is 1. The zero-order valence-electron chi connectivity index (χ0n) is 10.1. The van der Waals surface area contributed by atoms with Crippen molar-refractivity contribution in [2.75, 3.05) is 26.2 Å². The molecule has 1 saturated heterocycles. The summed E-state index contributed by atoms with van der Waals surface area (Å²) in [6.07, 6.45) is 4.55. The first-order valence-electron chi connectivity index (χ1n) is 6.10. The molecule has 5 nitrogen and oxygen atoms in total. The van der Waals surface area contributed by atoms with Crippen LogP contribution in [0, 0.1) is 0 Å². The highest BCUT2D eigenvalue weighted by Gasteiger charge is 2.16. The maximum absolute atomic E-state index is 10.5. The van der Waals surface area contributed by atoms with Gasteiger partial charge in [-0.25, -0.2) is 0 Å². The van der Waals surface area contributed by atoms with Crippen LogP contribution in [0.15, 0.2) is 0 Å². The second-order valence-electron chi connectivity index (χ2n) is 4.34. The Hall–Kier alpha value is -0.650. The lowest BCUT2D eigenvalue weighted by Gasteiger charge is -2.19. The number of nitrogens with zero attached hydrogens (tertiary/aromatic N) is 1. The minimum absolute atomic E-state index is 0.0465. The van der Waals surface area contributed by atoms with Gasteiger partial charge in [0.1, 0.15) is 6.61 Å². The molecule has 0 bridgehead atoms. The van der Waals surface area contributed by atoms with Crippen LogP contribution in [-0.2, 0) is 9.63 Å². The summed E-state index contributed by atoms with van der Waals surface area (Å²) in [5.74, 6) is -0.436. The van der Waals surface area contributed by atoms with E-state index in [0.29, 0.717) is 6.04 Å². The number of likely N-dealkylation sites (tertiary alicyclic amines) is 1. The number of nitrogens with one attached hydrogen (secondary N) is 1. The monoisotopic (exact) mass is 229 g/mol. The van der Waals surface area contributed by atoms with Gasteiger partial charge in [0.25, 0.3) is 0 Å². The zero-order valence-corrected chi connectivity index (χ0v) is 10.1. The Balaban J connectivity index is 2.17. The Kier molecular flexibility index (Phi) is 6.37. The summed E-state index contributed by atoms with van der Waals surface area (Å²) in [6, 6.07) is 0.348. The van der Waals surface area contributed by atoms with Crippen molar-refractivity contribution < 1.29 is 9.63 Å². The maximum atomic E-state index is 10.5. The van der Waals surface area contributed by atoms with Gasteiger partial charge >= 0.3 is 0 Å². The lowest BCUT2D eigenvalue weighted by atomic mass is 10.1. The lowest BCUT2D eigenvalue weighted by molar-refractivity contribution is -0.126. The molecule has 0 saturated carbocycles. The largest absolute Gasteiger partial charge is 0.368 e. The second kappa shape index (κ2) is 7.60. The number of hydrogen-bond acceptors (Lipinski definition) is 4. The Morgan fingerprint density at radius 3 is 3.00 bits per heavy atom. The van der Waals surface area contributed by atoms with Crippen LogP contribution in [0.2, 0.25) is 0 Å². The number of carbonyl (C=O) groups excluding carboxylic acids is 1. The number of nitrogens with two attached hydrogens (primary N) is 1. The highest BCUT2D eigenvalue weighted by Crippen LogP contribution is 2.11. The molecule has 1 aliphatic rings. The first-order chi connectivity index (χ1) is 7.72. The predicted molar refractivity (Wildman–Crippen MR) is 62.7 cm³/mol. The molecule has 1 fully saturated rings. The molecule has 0 radical (unpaired) electrons. The molecule has 1 aliphatic heterocycles. The average molecular weight is 229 g/mol. The summed E-state index contributed by atoms with van der Waals surface area (Å²) in [6.45, 7) is 5.61. The lowest BCUT2D eigenvalue weighted by Crippen LogP contribution is -2.34. The number of hydroxylamine groups is 1. The molecule has 0 aromatic heterocycles. The van der Waals surface area contributed by atoms with Gasteiger partial charge in [0.2, 0.25) is 5.91 Å². The Bertz CT molecular complexity index is 211. The van der Waals surface area contributed by atoms with E-state index in [1.807, 2.05) is 0 Å². The molecule has 1 rings (SSSR count). The first-order valence-corrected chi connectivity index (χ1v) is 6.10. The Morgan fingerprint density at radius 1 is 1.50 bits per heavy atom. The Labute approximate surface area is 97.3 Å². The number of hydrogen-bond donors (Lipinski definition) is 2. The zero-order chi connectivity index (χ0) is 11.8. The van der Waals surface area contributed by atoms with Gasteiger partial charge in [0, 0.05) is 6.04 Å². The van der Waals surface area contributed by atoms with Crippen LogP contribution in [0.25, 0.3) is 0 Å². The van der Waals surface area contributed by atoms with Crippen molar-refractivity contribution in [3.63, 3.8) is 0 Å². The van der Waals surface area contributed by atoms with Crippen LogP contribution in [0.3, 0.4) is 0 Å². The minimum Gasteiger partial charge on any atom is -0.368 e. The van der Waals surface area contributed by atoms with Crippen LogP contribution >= 0.6 is 0 Å². The van der Waals surface area contributed by atoms with Crippen molar-refractivity contribution in [3.8, 4) is 0 Å². The van der Waals surface area contributed by atoms with Crippen LogP contribution < -0.4 is 11.2 Å². The van der Waals surface area contributed by atoms with E-state index >= 15 is 0 Å². The third kappa shape index (κ3) is 5.44. The fourth-order valence-electron chi connectivity index (χ4n) is 2.04. The number of rotatable bonds is 6. The number of primary amides is 1. The van der Waals surface area contributed by atoms with Gasteiger partial charge in [-0.15, -0.1) is 0 Å². The van der Waals surface area contributed by atoms with Crippen LogP contribution in [-0.4, -0.2) is 43.1 Å². The van der Waals surface area contributed by atoms with Gasteiger partial charge in [0.15, 0.2) is 0 Å². The Morgan fingerprint density at radius 2 is 2.31 bits per heavy atom. The van der Waals surface area contributed by atoms with Crippen molar-refractivity contribution in [2.24, 2.45) is 5.73 Å². The van der Waals surface area contributed by atoms with E-state index in [1.165, 1.54) is 25.9 Å². The minimum atomic E-state index is -0.436. The fourth-order valence-corrected chi connectivity index (χ4v) is 2.04.